The fourth-order valence-electron chi connectivity index (χ4n) is 1.28. The topological polar surface area (TPSA) is 71.2 Å². The lowest BCUT2D eigenvalue weighted by Crippen LogP contribution is -2.31. The van der Waals surface area contributed by atoms with Crippen LogP contribution in [0.5, 0.6) is 0 Å². The normalized spacial score (nSPS) is 10.3. The minimum absolute atomic E-state index is 0.111. The van der Waals surface area contributed by atoms with Crippen molar-refractivity contribution < 1.29 is 9.53 Å². The van der Waals surface area contributed by atoms with Crippen LogP contribution in [-0.4, -0.2) is 31.2 Å². The summed E-state index contributed by atoms with van der Waals surface area (Å²) in [6.07, 6.45) is 0.715. The molecule has 17 heavy (non-hydrogen) atoms. The van der Waals surface area contributed by atoms with Gasteiger partial charge in [0.25, 0.3) is 11.5 Å². The smallest absolute Gasteiger partial charge is 0.261 e. The Labute approximate surface area is 108 Å². The van der Waals surface area contributed by atoms with Crippen LogP contribution in [0.3, 0.4) is 0 Å². The van der Waals surface area contributed by atoms with Gasteiger partial charge in [-0.1, -0.05) is 0 Å². The zero-order chi connectivity index (χ0) is 12.8. The van der Waals surface area contributed by atoms with Crippen molar-refractivity contribution in [2.75, 3.05) is 20.3 Å². The molecule has 0 aromatic carbocycles. The molecule has 1 amide bonds. The lowest BCUT2D eigenvalue weighted by Gasteiger charge is -2.05. The quantitative estimate of drug-likeness (QED) is 0.803. The molecule has 1 aromatic heterocycles. The fraction of sp³-hybridized carbons (Fsp3) is 0.455. The van der Waals surface area contributed by atoms with Crippen LogP contribution in [0.25, 0.3) is 0 Å². The van der Waals surface area contributed by atoms with Crippen molar-refractivity contribution in [1.29, 1.82) is 0 Å². The Hall–Kier alpha value is -1.14. The molecule has 0 aliphatic heterocycles. The maximum absolute atomic E-state index is 11.7. The first-order valence-electron chi connectivity index (χ1n) is 5.23. The Bertz CT molecular complexity index is 457. The molecule has 6 heteroatoms. The molecule has 0 atom stereocenters. The molecule has 1 aromatic rings. The summed E-state index contributed by atoms with van der Waals surface area (Å²) in [4.78, 5) is 25.9. The molecule has 2 N–H and O–H groups in total. The summed E-state index contributed by atoms with van der Waals surface area (Å²) in [6.45, 7) is 2.82. The molecule has 0 unspecified atom stereocenters. The summed E-state index contributed by atoms with van der Waals surface area (Å²) in [6, 6.07) is 1.53. The van der Waals surface area contributed by atoms with Crippen LogP contribution in [0.15, 0.2) is 15.3 Å². The van der Waals surface area contributed by atoms with E-state index in [0.29, 0.717) is 29.7 Å². The molecule has 0 aliphatic rings. The van der Waals surface area contributed by atoms with E-state index in [1.807, 2.05) is 0 Å². The highest BCUT2D eigenvalue weighted by atomic mass is 79.9. The molecular weight excluding hydrogens is 288 g/mol. The van der Waals surface area contributed by atoms with Crippen molar-refractivity contribution in [2.24, 2.45) is 0 Å². The fourth-order valence-corrected chi connectivity index (χ4v) is 1.61. The van der Waals surface area contributed by atoms with E-state index < -0.39 is 0 Å². The average molecular weight is 303 g/mol. The van der Waals surface area contributed by atoms with E-state index in [2.05, 4.69) is 26.2 Å². The first-order chi connectivity index (χ1) is 8.06. The van der Waals surface area contributed by atoms with Crippen molar-refractivity contribution in [2.45, 2.75) is 13.3 Å². The zero-order valence-electron chi connectivity index (χ0n) is 9.80. The van der Waals surface area contributed by atoms with Gasteiger partial charge in [-0.3, -0.25) is 9.59 Å². The monoisotopic (exact) mass is 302 g/mol. The highest BCUT2D eigenvalue weighted by Crippen LogP contribution is 2.12. The van der Waals surface area contributed by atoms with Crippen molar-refractivity contribution >= 4 is 21.8 Å². The summed E-state index contributed by atoms with van der Waals surface area (Å²) in [5.74, 6) is -0.372. The van der Waals surface area contributed by atoms with Crippen LogP contribution in [0.1, 0.15) is 22.5 Å². The molecule has 0 saturated heterocycles. The predicted molar refractivity (Wildman–Crippen MR) is 68.3 cm³/mol. The van der Waals surface area contributed by atoms with Crippen molar-refractivity contribution in [1.82, 2.24) is 10.3 Å². The molecule has 0 fully saturated rings. The van der Waals surface area contributed by atoms with Gasteiger partial charge in [0, 0.05) is 30.4 Å². The number of methoxy groups -OCH3 is 1. The van der Waals surface area contributed by atoms with E-state index in [1.54, 1.807) is 14.0 Å². The second-order valence-corrected chi connectivity index (χ2v) is 4.44. The first-order valence-corrected chi connectivity index (χ1v) is 6.02. The number of amides is 1. The summed E-state index contributed by atoms with van der Waals surface area (Å²) in [5.41, 5.74) is 0.431. The van der Waals surface area contributed by atoms with E-state index in [4.69, 9.17) is 4.74 Å². The highest BCUT2D eigenvalue weighted by Gasteiger charge is 2.11. The van der Waals surface area contributed by atoms with Crippen LogP contribution >= 0.6 is 15.9 Å². The zero-order valence-corrected chi connectivity index (χ0v) is 11.4. The number of nitrogens with one attached hydrogen (secondary N) is 2. The Kier molecular flexibility index (Phi) is 5.37. The number of aromatic amines is 1. The Balaban J connectivity index is 2.69. The van der Waals surface area contributed by atoms with Gasteiger partial charge in [-0.15, -0.1) is 0 Å². The lowest BCUT2D eigenvalue weighted by atomic mass is 10.2. The van der Waals surface area contributed by atoms with Crippen LogP contribution in [0.2, 0.25) is 0 Å². The van der Waals surface area contributed by atoms with Crippen LogP contribution in [0, 0.1) is 6.92 Å². The van der Waals surface area contributed by atoms with Crippen molar-refractivity contribution in [3.8, 4) is 0 Å². The second kappa shape index (κ2) is 6.56. The molecule has 1 heterocycles. The number of ether oxygens (including phenoxy) is 1. The Morgan fingerprint density at radius 3 is 2.94 bits per heavy atom. The summed E-state index contributed by atoms with van der Waals surface area (Å²) in [5, 5.41) is 2.66. The number of carbonyl (C=O) groups is 1. The molecule has 1 rings (SSSR count). The summed E-state index contributed by atoms with van der Waals surface area (Å²) < 4.78 is 5.57. The standard InChI is InChI=1S/C11H15BrN2O3/c1-7-9(12)6-8(11(16)14-7)10(15)13-4-3-5-17-2/h6H,3-5H2,1-2H3,(H,13,15)(H,14,16). The van der Waals surface area contributed by atoms with Gasteiger partial charge in [0.15, 0.2) is 0 Å². The van der Waals surface area contributed by atoms with E-state index in [1.165, 1.54) is 6.07 Å². The van der Waals surface area contributed by atoms with Gasteiger partial charge < -0.3 is 15.0 Å². The molecule has 94 valence electrons. The molecule has 0 spiro atoms. The maximum Gasteiger partial charge on any atom is 0.261 e. The van der Waals surface area contributed by atoms with Gasteiger partial charge in [0.05, 0.1) is 0 Å². The highest BCUT2D eigenvalue weighted by molar-refractivity contribution is 9.10. The molecule has 0 aliphatic carbocycles. The van der Waals surface area contributed by atoms with Crippen molar-refractivity contribution in [3.63, 3.8) is 0 Å². The third-order valence-corrected chi connectivity index (χ3v) is 3.05. The van der Waals surface area contributed by atoms with E-state index >= 15 is 0 Å². The summed E-state index contributed by atoms with van der Waals surface area (Å²) >= 11 is 3.27. The molecule has 0 radical (unpaired) electrons. The molecular formula is C11H15BrN2O3. The minimum Gasteiger partial charge on any atom is -0.385 e. The van der Waals surface area contributed by atoms with Crippen LogP contribution in [-0.2, 0) is 4.74 Å². The van der Waals surface area contributed by atoms with Gasteiger partial charge in [0.1, 0.15) is 5.56 Å². The number of rotatable bonds is 5. The van der Waals surface area contributed by atoms with E-state index in [0.717, 1.165) is 0 Å². The van der Waals surface area contributed by atoms with Crippen LogP contribution in [0.4, 0.5) is 0 Å². The Morgan fingerprint density at radius 2 is 2.29 bits per heavy atom. The SMILES string of the molecule is COCCCNC(=O)c1cc(Br)c(C)[nH]c1=O. The largest absolute Gasteiger partial charge is 0.385 e. The number of aromatic nitrogens is 1. The number of hydrogen-bond acceptors (Lipinski definition) is 3. The number of halogens is 1. The average Bonchev–Trinajstić information content (AvgIpc) is 2.29. The lowest BCUT2D eigenvalue weighted by molar-refractivity contribution is 0.0947. The number of H-pyrrole nitrogens is 1. The molecule has 0 saturated carbocycles. The van der Waals surface area contributed by atoms with Gasteiger partial charge >= 0.3 is 0 Å². The van der Waals surface area contributed by atoms with Gasteiger partial charge in [0.2, 0.25) is 0 Å². The molecule has 5 nitrogen and oxygen atoms in total. The molecule has 0 bridgehead atoms. The van der Waals surface area contributed by atoms with Crippen molar-refractivity contribution in [3.05, 3.63) is 32.2 Å². The Morgan fingerprint density at radius 1 is 1.59 bits per heavy atom. The second-order valence-electron chi connectivity index (χ2n) is 3.59. The number of aryl methyl sites for hydroxylation is 1. The minimum atomic E-state index is -0.380. The van der Waals surface area contributed by atoms with E-state index in [9.17, 15) is 9.59 Å². The summed E-state index contributed by atoms with van der Waals surface area (Å²) in [7, 11) is 1.60. The van der Waals surface area contributed by atoms with E-state index in [-0.39, 0.29) is 17.0 Å². The first kappa shape index (κ1) is 13.9. The third kappa shape index (κ3) is 3.98. The van der Waals surface area contributed by atoms with Gasteiger partial charge in [-0.2, -0.15) is 0 Å². The van der Waals surface area contributed by atoms with Crippen LogP contribution < -0.4 is 10.9 Å². The number of pyridine rings is 1. The maximum atomic E-state index is 11.7. The number of carbonyl (C=O) groups excluding carboxylic acids is 1. The number of hydrogen-bond donors (Lipinski definition) is 2. The predicted octanol–water partition coefficient (Wildman–Crippen LogP) is 1.21. The van der Waals surface area contributed by atoms with Gasteiger partial charge in [-0.05, 0) is 35.3 Å². The third-order valence-electron chi connectivity index (χ3n) is 2.23. The van der Waals surface area contributed by atoms with Gasteiger partial charge in [-0.25, -0.2) is 0 Å².